The Morgan fingerprint density at radius 2 is 2.00 bits per heavy atom. The molecule has 0 aromatic carbocycles. The summed E-state index contributed by atoms with van der Waals surface area (Å²) in [7, 11) is -3.64. The highest BCUT2D eigenvalue weighted by atomic mass is 32.2. The van der Waals surface area contributed by atoms with Gasteiger partial charge in [0.1, 0.15) is 9.77 Å². The Balaban J connectivity index is 1.76. The number of carbonyl (C=O) groups is 1. The minimum atomic E-state index is -3.64. The van der Waals surface area contributed by atoms with Crippen LogP contribution in [-0.2, 0) is 14.8 Å². The lowest BCUT2D eigenvalue weighted by Gasteiger charge is -2.26. The number of hydrogen-bond acceptors (Lipinski definition) is 6. The molecule has 0 aliphatic carbocycles. The average molecular weight is 359 g/mol. The van der Waals surface area contributed by atoms with Crippen molar-refractivity contribution in [2.45, 2.75) is 23.8 Å². The first kappa shape index (κ1) is 16.8. The Morgan fingerprint density at radius 3 is 2.70 bits per heavy atom. The van der Waals surface area contributed by atoms with Crippen LogP contribution in [0.25, 0.3) is 0 Å². The third-order valence-electron chi connectivity index (χ3n) is 4.10. The van der Waals surface area contributed by atoms with Gasteiger partial charge in [0.05, 0.1) is 13.2 Å². The van der Waals surface area contributed by atoms with E-state index in [-0.39, 0.29) is 21.7 Å². The van der Waals surface area contributed by atoms with Crippen LogP contribution in [0.1, 0.15) is 22.5 Å². The molecule has 2 fully saturated rings. The van der Waals surface area contributed by atoms with Gasteiger partial charge in [0.25, 0.3) is 5.91 Å². The Morgan fingerprint density at radius 1 is 1.30 bits per heavy atom. The molecule has 3 heterocycles. The molecule has 1 aromatic heterocycles. The number of morpholine rings is 1. The van der Waals surface area contributed by atoms with E-state index in [4.69, 9.17) is 4.74 Å². The topological polar surface area (TPSA) is 87.7 Å². The predicted molar refractivity (Wildman–Crippen MR) is 87.3 cm³/mol. The van der Waals surface area contributed by atoms with E-state index in [0.29, 0.717) is 26.3 Å². The molecule has 2 aliphatic heterocycles. The van der Waals surface area contributed by atoms with Crippen LogP contribution < -0.4 is 10.6 Å². The van der Waals surface area contributed by atoms with Gasteiger partial charge in [0, 0.05) is 19.1 Å². The molecular weight excluding hydrogens is 338 g/mol. The molecule has 9 heteroatoms. The SMILES string of the molecule is O=C(NC1CCNCC1)c1sccc1S(=O)(=O)N1CCOCC1. The standard InChI is InChI=1S/C14H21N3O4S2/c18-14(16-11-1-4-15-5-2-11)13-12(3-10-22-13)23(19,20)17-6-8-21-9-7-17/h3,10-11,15H,1-2,4-9H2,(H,16,18). The minimum absolute atomic E-state index is 0.102. The van der Waals surface area contributed by atoms with Crippen molar-refractivity contribution in [1.29, 1.82) is 0 Å². The first-order chi connectivity index (χ1) is 11.1. The summed E-state index contributed by atoms with van der Waals surface area (Å²) in [4.78, 5) is 12.9. The van der Waals surface area contributed by atoms with Crippen molar-refractivity contribution in [3.63, 3.8) is 0 Å². The number of sulfonamides is 1. The smallest absolute Gasteiger partial charge is 0.262 e. The quantitative estimate of drug-likeness (QED) is 0.805. The second-order valence-electron chi connectivity index (χ2n) is 5.63. The second-order valence-corrected chi connectivity index (χ2v) is 8.45. The van der Waals surface area contributed by atoms with Crippen molar-refractivity contribution in [3.8, 4) is 0 Å². The molecule has 2 saturated heterocycles. The van der Waals surface area contributed by atoms with E-state index in [2.05, 4.69) is 10.6 Å². The van der Waals surface area contributed by atoms with Crippen molar-refractivity contribution in [1.82, 2.24) is 14.9 Å². The van der Waals surface area contributed by atoms with Gasteiger partial charge in [0.15, 0.2) is 0 Å². The molecule has 2 aliphatic rings. The number of carbonyl (C=O) groups excluding carboxylic acids is 1. The zero-order valence-electron chi connectivity index (χ0n) is 12.8. The predicted octanol–water partition coefficient (Wildman–Crippen LogP) is 0.251. The first-order valence-corrected chi connectivity index (χ1v) is 10.1. The molecule has 0 unspecified atom stereocenters. The normalized spacial score (nSPS) is 21.2. The van der Waals surface area contributed by atoms with Crippen molar-refractivity contribution in [3.05, 3.63) is 16.3 Å². The van der Waals surface area contributed by atoms with Crippen molar-refractivity contribution in [2.75, 3.05) is 39.4 Å². The van der Waals surface area contributed by atoms with Crippen molar-refractivity contribution < 1.29 is 17.9 Å². The molecule has 0 spiro atoms. The highest BCUT2D eigenvalue weighted by Crippen LogP contribution is 2.26. The molecule has 7 nitrogen and oxygen atoms in total. The maximum atomic E-state index is 12.8. The number of thiophene rings is 1. The lowest BCUT2D eigenvalue weighted by Crippen LogP contribution is -2.43. The molecule has 1 aromatic rings. The summed E-state index contributed by atoms with van der Waals surface area (Å²) in [5.74, 6) is -0.293. The summed E-state index contributed by atoms with van der Waals surface area (Å²) in [6, 6.07) is 1.62. The Kier molecular flexibility index (Phi) is 5.32. The third kappa shape index (κ3) is 3.74. The summed E-state index contributed by atoms with van der Waals surface area (Å²) < 4.78 is 32.1. The third-order valence-corrected chi connectivity index (χ3v) is 7.08. The van der Waals surface area contributed by atoms with Crippen LogP contribution in [-0.4, -0.2) is 64.1 Å². The van der Waals surface area contributed by atoms with Crippen LogP contribution in [0.3, 0.4) is 0 Å². The Labute approximate surface area is 140 Å². The van der Waals surface area contributed by atoms with E-state index in [9.17, 15) is 13.2 Å². The summed E-state index contributed by atoms with van der Waals surface area (Å²) in [5, 5.41) is 7.86. The largest absolute Gasteiger partial charge is 0.379 e. The number of piperidine rings is 1. The number of nitrogens with zero attached hydrogens (tertiary/aromatic N) is 1. The van der Waals surface area contributed by atoms with Crippen molar-refractivity contribution in [2.24, 2.45) is 0 Å². The number of nitrogens with one attached hydrogen (secondary N) is 2. The summed E-state index contributed by atoms with van der Waals surface area (Å²) in [6.45, 7) is 3.17. The maximum absolute atomic E-state index is 12.8. The summed E-state index contributed by atoms with van der Waals surface area (Å²) in [6.07, 6.45) is 1.73. The van der Waals surface area contributed by atoms with Gasteiger partial charge in [0.2, 0.25) is 10.0 Å². The van der Waals surface area contributed by atoms with Crippen LogP contribution in [0.4, 0.5) is 0 Å². The monoisotopic (exact) mass is 359 g/mol. The molecular formula is C14H21N3O4S2. The van der Waals surface area contributed by atoms with Gasteiger partial charge in [-0.15, -0.1) is 11.3 Å². The van der Waals surface area contributed by atoms with E-state index in [1.807, 2.05) is 0 Å². The summed E-state index contributed by atoms with van der Waals surface area (Å²) >= 11 is 1.17. The molecule has 0 bridgehead atoms. The Hall–Kier alpha value is -1.00. The van der Waals surface area contributed by atoms with Crippen molar-refractivity contribution >= 4 is 27.3 Å². The number of amides is 1. The molecule has 1 amide bonds. The van der Waals surface area contributed by atoms with Crippen LogP contribution in [0.5, 0.6) is 0 Å². The van der Waals surface area contributed by atoms with Gasteiger partial charge in [-0.25, -0.2) is 8.42 Å². The number of hydrogen-bond donors (Lipinski definition) is 2. The average Bonchev–Trinajstić information content (AvgIpc) is 3.07. The van der Waals surface area contributed by atoms with E-state index >= 15 is 0 Å². The lowest BCUT2D eigenvalue weighted by atomic mass is 10.1. The van der Waals surface area contributed by atoms with E-state index in [1.54, 1.807) is 5.38 Å². The molecule has 0 atom stereocenters. The fourth-order valence-corrected chi connectivity index (χ4v) is 5.52. The molecule has 2 N–H and O–H groups in total. The summed E-state index contributed by atoms with van der Waals surface area (Å²) in [5.41, 5.74) is 0. The fraction of sp³-hybridized carbons (Fsp3) is 0.643. The zero-order chi connectivity index (χ0) is 16.3. The van der Waals surface area contributed by atoms with Crippen LogP contribution >= 0.6 is 11.3 Å². The van der Waals surface area contributed by atoms with E-state index in [0.717, 1.165) is 25.9 Å². The maximum Gasteiger partial charge on any atom is 0.262 e. The first-order valence-electron chi connectivity index (χ1n) is 7.76. The van der Waals surface area contributed by atoms with Gasteiger partial charge in [-0.2, -0.15) is 4.31 Å². The molecule has 0 radical (unpaired) electrons. The van der Waals surface area contributed by atoms with Crippen LogP contribution in [0.2, 0.25) is 0 Å². The van der Waals surface area contributed by atoms with Gasteiger partial charge >= 0.3 is 0 Å². The minimum Gasteiger partial charge on any atom is -0.379 e. The van der Waals surface area contributed by atoms with Gasteiger partial charge in [-0.05, 0) is 37.4 Å². The Bertz CT molecular complexity index is 647. The lowest BCUT2D eigenvalue weighted by molar-refractivity contribution is 0.0730. The van der Waals surface area contributed by atoms with Crippen LogP contribution in [0.15, 0.2) is 16.3 Å². The van der Waals surface area contributed by atoms with Crippen LogP contribution in [0, 0.1) is 0 Å². The zero-order valence-corrected chi connectivity index (χ0v) is 14.4. The second kappa shape index (κ2) is 7.27. The fourth-order valence-electron chi connectivity index (χ4n) is 2.81. The number of ether oxygens (including phenoxy) is 1. The molecule has 3 rings (SSSR count). The van der Waals surface area contributed by atoms with Gasteiger partial charge < -0.3 is 15.4 Å². The number of rotatable bonds is 4. The van der Waals surface area contributed by atoms with Gasteiger partial charge in [-0.1, -0.05) is 0 Å². The molecule has 0 saturated carbocycles. The molecule has 23 heavy (non-hydrogen) atoms. The highest BCUT2D eigenvalue weighted by molar-refractivity contribution is 7.89. The van der Waals surface area contributed by atoms with Gasteiger partial charge in [-0.3, -0.25) is 4.79 Å². The highest BCUT2D eigenvalue weighted by Gasteiger charge is 2.31. The van der Waals surface area contributed by atoms with E-state index in [1.165, 1.54) is 21.7 Å². The van der Waals surface area contributed by atoms with E-state index < -0.39 is 10.0 Å². The molecule has 128 valence electrons.